The molecule has 1 saturated heterocycles. The molecule has 0 saturated carbocycles. The summed E-state index contributed by atoms with van der Waals surface area (Å²) in [4.78, 5) is 32.9. The van der Waals surface area contributed by atoms with Gasteiger partial charge in [-0.3, -0.25) is 14.4 Å². The molecule has 4 unspecified atom stereocenters. The first kappa shape index (κ1) is 15.4. The van der Waals surface area contributed by atoms with E-state index in [1.165, 1.54) is 0 Å². The molecule has 8 heteroatoms. The Bertz CT molecular complexity index is 370. The van der Waals surface area contributed by atoms with Crippen molar-refractivity contribution in [1.29, 1.82) is 0 Å². The molecule has 0 aromatic heterocycles. The molecule has 19 heavy (non-hydrogen) atoms. The second-order valence-electron chi connectivity index (χ2n) is 3.98. The van der Waals surface area contributed by atoms with Crippen LogP contribution in [0.3, 0.4) is 0 Å². The molecule has 1 fully saturated rings. The molecular formula is C11H15FO7. The van der Waals surface area contributed by atoms with Crippen LogP contribution in [0.2, 0.25) is 0 Å². The minimum absolute atomic E-state index is 0.295. The normalized spacial score (nSPS) is 30.3. The zero-order chi connectivity index (χ0) is 14.6. The van der Waals surface area contributed by atoms with Gasteiger partial charge in [-0.1, -0.05) is 0 Å². The average Bonchev–Trinajstić information content (AvgIpc) is 2.25. The molecule has 7 nitrogen and oxygen atoms in total. The summed E-state index contributed by atoms with van der Waals surface area (Å²) >= 11 is 0. The lowest BCUT2D eigenvalue weighted by atomic mass is 10.1. The number of carbonyl (C=O) groups excluding carboxylic acids is 3. The molecule has 1 rings (SSSR count). The van der Waals surface area contributed by atoms with Crippen molar-refractivity contribution in [1.82, 2.24) is 0 Å². The largest absolute Gasteiger partial charge is 0.456 e. The van der Waals surface area contributed by atoms with Crippen molar-refractivity contribution in [3.05, 3.63) is 0 Å². The van der Waals surface area contributed by atoms with Crippen molar-refractivity contribution in [3.8, 4) is 0 Å². The van der Waals surface area contributed by atoms with Gasteiger partial charge in [-0.05, 0) is 0 Å². The summed E-state index contributed by atoms with van der Waals surface area (Å²) in [5.41, 5.74) is 0. The number of rotatable bonds is 3. The Kier molecular flexibility index (Phi) is 5.22. The Morgan fingerprint density at radius 2 is 1.42 bits per heavy atom. The molecule has 0 bridgehead atoms. The van der Waals surface area contributed by atoms with Gasteiger partial charge in [-0.2, -0.15) is 0 Å². The minimum Gasteiger partial charge on any atom is -0.456 e. The summed E-state index contributed by atoms with van der Waals surface area (Å²) in [5.74, 6) is -2.13. The fourth-order valence-electron chi connectivity index (χ4n) is 1.70. The second kappa shape index (κ2) is 6.46. The number of carbonyl (C=O) groups is 3. The molecule has 0 aromatic rings. The fraction of sp³-hybridized carbons (Fsp3) is 0.727. The van der Waals surface area contributed by atoms with Crippen LogP contribution < -0.4 is 0 Å². The van der Waals surface area contributed by atoms with Gasteiger partial charge in [0, 0.05) is 20.8 Å². The van der Waals surface area contributed by atoms with Gasteiger partial charge in [0.1, 0.15) is 0 Å². The summed E-state index contributed by atoms with van der Waals surface area (Å²) < 4.78 is 32.8. The molecule has 0 aliphatic carbocycles. The van der Waals surface area contributed by atoms with Gasteiger partial charge in [-0.15, -0.1) is 0 Å². The number of esters is 3. The third-order valence-electron chi connectivity index (χ3n) is 2.29. The van der Waals surface area contributed by atoms with Crippen LogP contribution in [0, 0.1) is 0 Å². The van der Waals surface area contributed by atoms with Crippen LogP contribution in [0.5, 0.6) is 0 Å². The Labute approximate surface area is 108 Å². The van der Waals surface area contributed by atoms with Crippen molar-refractivity contribution in [3.63, 3.8) is 0 Å². The maximum atomic E-state index is 13.6. The first-order valence-electron chi connectivity index (χ1n) is 5.58. The van der Waals surface area contributed by atoms with E-state index in [4.69, 9.17) is 18.9 Å². The van der Waals surface area contributed by atoms with E-state index in [2.05, 4.69) is 0 Å². The zero-order valence-corrected chi connectivity index (χ0v) is 10.8. The number of hydrogen-bond donors (Lipinski definition) is 0. The number of hydrogen-bond acceptors (Lipinski definition) is 7. The van der Waals surface area contributed by atoms with Crippen LogP contribution in [-0.4, -0.2) is 49.2 Å². The van der Waals surface area contributed by atoms with E-state index in [1.807, 2.05) is 0 Å². The molecule has 108 valence electrons. The average molecular weight is 278 g/mol. The third-order valence-corrected chi connectivity index (χ3v) is 2.29. The van der Waals surface area contributed by atoms with Gasteiger partial charge in [-0.25, -0.2) is 4.39 Å². The van der Waals surface area contributed by atoms with E-state index in [1.54, 1.807) is 0 Å². The Morgan fingerprint density at radius 1 is 0.947 bits per heavy atom. The lowest BCUT2D eigenvalue weighted by Crippen LogP contribution is -2.56. The van der Waals surface area contributed by atoms with E-state index in [0.717, 1.165) is 20.8 Å². The third kappa shape index (κ3) is 4.47. The van der Waals surface area contributed by atoms with Gasteiger partial charge in [0.15, 0.2) is 18.3 Å². The molecule has 1 aliphatic heterocycles. The highest BCUT2D eigenvalue weighted by atomic mass is 19.1. The van der Waals surface area contributed by atoms with Gasteiger partial charge >= 0.3 is 17.9 Å². The Hall–Kier alpha value is -1.70. The summed E-state index contributed by atoms with van der Waals surface area (Å²) in [6.07, 6.45) is -5.70. The molecule has 1 aliphatic rings. The van der Waals surface area contributed by atoms with Crippen molar-refractivity contribution in [2.75, 3.05) is 6.61 Å². The highest BCUT2D eigenvalue weighted by Gasteiger charge is 2.47. The Balaban J connectivity index is 2.89. The lowest BCUT2D eigenvalue weighted by Gasteiger charge is -2.37. The molecular weight excluding hydrogens is 263 g/mol. The minimum atomic E-state index is -1.96. The topological polar surface area (TPSA) is 88.1 Å². The quantitative estimate of drug-likeness (QED) is 0.534. The molecule has 0 radical (unpaired) electrons. The van der Waals surface area contributed by atoms with E-state index >= 15 is 0 Å². The molecule has 4 atom stereocenters. The van der Waals surface area contributed by atoms with E-state index in [-0.39, 0.29) is 6.61 Å². The van der Waals surface area contributed by atoms with Gasteiger partial charge < -0.3 is 18.9 Å². The van der Waals surface area contributed by atoms with Crippen LogP contribution in [0.15, 0.2) is 0 Å². The van der Waals surface area contributed by atoms with Crippen LogP contribution in [0.1, 0.15) is 20.8 Å². The van der Waals surface area contributed by atoms with E-state index < -0.39 is 42.6 Å². The van der Waals surface area contributed by atoms with Crippen LogP contribution in [0.4, 0.5) is 4.39 Å². The highest BCUT2D eigenvalue weighted by Crippen LogP contribution is 2.24. The molecule has 0 aromatic carbocycles. The first-order chi connectivity index (χ1) is 8.81. The molecule has 0 spiro atoms. The fourth-order valence-corrected chi connectivity index (χ4v) is 1.70. The molecule has 1 heterocycles. The van der Waals surface area contributed by atoms with Gasteiger partial charge in [0.2, 0.25) is 6.36 Å². The maximum absolute atomic E-state index is 13.6. The number of halogens is 1. The van der Waals surface area contributed by atoms with E-state index in [0.29, 0.717) is 0 Å². The standard InChI is InChI=1S/C11H15FO7/c1-5(13)17-8-4-16-11(12)10(19-7(3)15)9(8)18-6(2)14/h8-11H,4H2,1-3H3. The van der Waals surface area contributed by atoms with Crippen molar-refractivity contribution < 1.29 is 37.7 Å². The van der Waals surface area contributed by atoms with Crippen LogP contribution in [0.25, 0.3) is 0 Å². The monoisotopic (exact) mass is 278 g/mol. The summed E-state index contributed by atoms with van der Waals surface area (Å²) in [7, 11) is 0. The predicted octanol–water partition coefficient (Wildman–Crippen LogP) is 0.107. The smallest absolute Gasteiger partial charge is 0.303 e. The highest BCUT2D eigenvalue weighted by molar-refractivity contribution is 5.68. The SMILES string of the molecule is CC(=O)OC1COC(F)C(OC(C)=O)C1OC(C)=O. The second-order valence-corrected chi connectivity index (χ2v) is 3.98. The summed E-state index contributed by atoms with van der Waals surface area (Å²) in [5, 5.41) is 0. The van der Waals surface area contributed by atoms with Gasteiger partial charge in [0.25, 0.3) is 0 Å². The first-order valence-corrected chi connectivity index (χ1v) is 5.58. The summed E-state index contributed by atoms with van der Waals surface area (Å²) in [6, 6.07) is 0. The Morgan fingerprint density at radius 3 is 1.89 bits per heavy atom. The molecule has 0 amide bonds. The van der Waals surface area contributed by atoms with Crippen LogP contribution >= 0.6 is 0 Å². The number of ether oxygens (including phenoxy) is 4. The lowest BCUT2D eigenvalue weighted by molar-refractivity contribution is -0.248. The number of alkyl halides is 1. The van der Waals surface area contributed by atoms with Crippen molar-refractivity contribution in [2.24, 2.45) is 0 Å². The zero-order valence-electron chi connectivity index (χ0n) is 10.8. The summed E-state index contributed by atoms with van der Waals surface area (Å²) in [6.45, 7) is 3.04. The van der Waals surface area contributed by atoms with Crippen molar-refractivity contribution >= 4 is 17.9 Å². The van der Waals surface area contributed by atoms with Crippen molar-refractivity contribution in [2.45, 2.75) is 45.4 Å². The van der Waals surface area contributed by atoms with E-state index in [9.17, 15) is 18.8 Å². The predicted molar refractivity (Wildman–Crippen MR) is 57.5 cm³/mol. The maximum Gasteiger partial charge on any atom is 0.303 e. The molecule has 0 N–H and O–H groups in total. The van der Waals surface area contributed by atoms with Crippen LogP contribution in [-0.2, 0) is 33.3 Å². The van der Waals surface area contributed by atoms with Gasteiger partial charge in [0.05, 0.1) is 6.61 Å².